The Balaban J connectivity index is 1.29. The predicted molar refractivity (Wildman–Crippen MR) is 127 cm³/mol. The van der Waals surface area contributed by atoms with Crippen LogP contribution in [0.15, 0.2) is 41.7 Å². The Morgan fingerprint density at radius 3 is 2.74 bits per heavy atom. The number of nitrogens with one attached hydrogen (secondary N) is 2. The van der Waals surface area contributed by atoms with E-state index in [-0.39, 0.29) is 0 Å². The molecule has 2 aromatic rings. The zero-order valence-corrected chi connectivity index (χ0v) is 19.0. The first kappa shape index (κ1) is 21.6. The van der Waals surface area contributed by atoms with Crippen LogP contribution >= 0.6 is 11.6 Å². The molecule has 0 aliphatic carbocycles. The maximum atomic E-state index is 6.31. The van der Waals surface area contributed by atoms with Crippen molar-refractivity contribution in [1.82, 2.24) is 25.5 Å². The molecule has 0 spiro atoms. The maximum absolute atomic E-state index is 6.31. The van der Waals surface area contributed by atoms with E-state index in [4.69, 9.17) is 11.6 Å². The molecule has 0 amide bonds. The maximum Gasteiger partial charge on any atom is 0.191 e. The molecule has 0 bridgehead atoms. The van der Waals surface area contributed by atoms with Gasteiger partial charge in [-0.3, -0.25) is 4.99 Å². The normalized spacial score (nSPS) is 20.2. The van der Waals surface area contributed by atoms with Crippen molar-refractivity contribution in [2.75, 3.05) is 63.2 Å². The minimum Gasteiger partial charge on any atom is -0.354 e. The van der Waals surface area contributed by atoms with E-state index in [9.17, 15) is 0 Å². The number of piperazine rings is 1. The molecule has 1 unspecified atom stereocenters. The Morgan fingerprint density at radius 2 is 1.97 bits per heavy atom. The van der Waals surface area contributed by atoms with Gasteiger partial charge in [0.05, 0.1) is 5.02 Å². The van der Waals surface area contributed by atoms with Gasteiger partial charge in [0.1, 0.15) is 11.6 Å². The lowest BCUT2D eigenvalue weighted by molar-refractivity contribution is 0.312. The lowest BCUT2D eigenvalue weighted by Crippen LogP contribution is -2.45. The summed E-state index contributed by atoms with van der Waals surface area (Å²) in [5.41, 5.74) is 1.19. The summed E-state index contributed by atoms with van der Waals surface area (Å²) in [4.78, 5) is 20.3. The van der Waals surface area contributed by atoms with E-state index in [1.165, 1.54) is 5.56 Å². The zero-order valence-electron chi connectivity index (χ0n) is 18.3. The second-order valence-electron chi connectivity index (χ2n) is 8.12. The van der Waals surface area contributed by atoms with Crippen molar-refractivity contribution in [2.24, 2.45) is 4.99 Å². The number of hydrogen-bond donors (Lipinski definition) is 2. The highest BCUT2D eigenvalue weighted by Crippen LogP contribution is 2.25. The third-order valence-corrected chi connectivity index (χ3v) is 6.18. The van der Waals surface area contributed by atoms with Gasteiger partial charge in [0, 0.05) is 71.3 Å². The van der Waals surface area contributed by atoms with Crippen LogP contribution in [0.25, 0.3) is 0 Å². The lowest BCUT2D eigenvalue weighted by atomic mass is 10.2. The lowest BCUT2D eigenvalue weighted by Gasteiger charge is -2.33. The van der Waals surface area contributed by atoms with Crippen LogP contribution in [-0.2, 0) is 6.54 Å². The Hall–Kier alpha value is -2.58. The number of likely N-dealkylation sites (N-methyl/N-ethyl adjacent to an activating group) is 1. The van der Waals surface area contributed by atoms with Crippen LogP contribution in [0.5, 0.6) is 0 Å². The van der Waals surface area contributed by atoms with E-state index < -0.39 is 0 Å². The first-order valence-electron chi connectivity index (χ1n) is 10.8. The predicted octanol–water partition coefficient (Wildman–Crippen LogP) is 1.83. The fourth-order valence-electron chi connectivity index (χ4n) is 4.03. The Kier molecular flexibility index (Phi) is 7.09. The largest absolute Gasteiger partial charge is 0.354 e. The molecule has 2 N–H and O–H groups in total. The van der Waals surface area contributed by atoms with Gasteiger partial charge in [0.25, 0.3) is 0 Å². The SMILES string of the molecule is CN=C(NCc1ccnc(N2CCN(C)CC2)c1)NC1CCN(c2ncccc2Cl)C1. The van der Waals surface area contributed by atoms with Crippen LogP contribution in [0, 0.1) is 0 Å². The van der Waals surface area contributed by atoms with Crippen LogP contribution in [0.2, 0.25) is 5.02 Å². The van der Waals surface area contributed by atoms with E-state index in [0.29, 0.717) is 17.6 Å². The second-order valence-corrected chi connectivity index (χ2v) is 8.53. The molecule has 0 aromatic carbocycles. The summed E-state index contributed by atoms with van der Waals surface area (Å²) < 4.78 is 0. The monoisotopic (exact) mass is 442 g/mol. The topological polar surface area (TPSA) is 71.9 Å². The summed E-state index contributed by atoms with van der Waals surface area (Å²) in [5, 5.41) is 7.67. The second kappa shape index (κ2) is 10.2. The van der Waals surface area contributed by atoms with Crippen LogP contribution in [0.4, 0.5) is 11.6 Å². The Labute approximate surface area is 189 Å². The minimum atomic E-state index is 0.294. The van der Waals surface area contributed by atoms with Gasteiger partial charge in [0.15, 0.2) is 5.96 Å². The molecule has 166 valence electrons. The van der Waals surface area contributed by atoms with Gasteiger partial charge in [-0.05, 0) is 43.3 Å². The smallest absolute Gasteiger partial charge is 0.191 e. The van der Waals surface area contributed by atoms with Crippen molar-refractivity contribution < 1.29 is 0 Å². The summed E-state index contributed by atoms with van der Waals surface area (Å²) in [7, 11) is 3.97. The minimum absolute atomic E-state index is 0.294. The Morgan fingerprint density at radius 1 is 1.13 bits per heavy atom. The number of halogens is 1. The molecule has 2 aliphatic heterocycles. The fraction of sp³-hybridized carbons (Fsp3) is 0.500. The van der Waals surface area contributed by atoms with E-state index in [2.05, 4.69) is 59.5 Å². The van der Waals surface area contributed by atoms with Gasteiger partial charge in [-0.1, -0.05) is 11.6 Å². The number of rotatable bonds is 5. The molecule has 2 saturated heterocycles. The molecule has 8 nitrogen and oxygen atoms in total. The molecule has 4 heterocycles. The van der Waals surface area contributed by atoms with Gasteiger partial charge in [-0.15, -0.1) is 0 Å². The van der Waals surface area contributed by atoms with E-state index >= 15 is 0 Å². The van der Waals surface area contributed by atoms with Crippen LogP contribution in [-0.4, -0.2) is 80.2 Å². The zero-order chi connectivity index (χ0) is 21.6. The number of aliphatic imine (C=N–C) groups is 1. The first-order valence-corrected chi connectivity index (χ1v) is 11.2. The highest BCUT2D eigenvalue weighted by atomic mass is 35.5. The van der Waals surface area contributed by atoms with Crippen molar-refractivity contribution >= 4 is 29.2 Å². The van der Waals surface area contributed by atoms with Crippen molar-refractivity contribution in [1.29, 1.82) is 0 Å². The van der Waals surface area contributed by atoms with Gasteiger partial charge in [0.2, 0.25) is 0 Å². The Bertz CT molecular complexity index is 897. The van der Waals surface area contributed by atoms with Gasteiger partial charge in [-0.2, -0.15) is 0 Å². The molecule has 4 rings (SSSR count). The summed E-state index contributed by atoms with van der Waals surface area (Å²) in [6.45, 7) is 6.64. The average molecular weight is 443 g/mol. The van der Waals surface area contributed by atoms with Crippen molar-refractivity contribution in [3.63, 3.8) is 0 Å². The van der Waals surface area contributed by atoms with Crippen LogP contribution in [0.1, 0.15) is 12.0 Å². The third kappa shape index (κ3) is 5.57. The molecule has 31 heavy (non-hydrogen) atoms. The number of hydrogen-bond acceptors (Lipinski definition) is 6. The van der Waals surface area contributed by atoms with E-state index in [1.807, 2.05) is 18.3 Å². The quantitative estimate of drug-likeness (QED) is 0.540. The summed E-state index contributed by atoms with van der Waals surface area (Å²) in [5.74, 6) is 2.70. The number of anilines is 2. The number of nitrogens with zero attached hydrogens (tertiary/aromatic N) is 6. The molecule has 2 aromatic heterocycles. The summed E-state index contributed by atoms with van der Waals surface area (Å²) >= 11 is 6.31. The van der Waals surface area contributed by atoms with Crippen molar-refractivity contribution in [2.45, 2.75) is 19.0 Å². The standard InChI is InChI=1S/C22H31ClN8/c1-24-22(28-18-6-9-31(16-18)21-19(23)4-3-7-26-21)27-15-17-5-8-25-20(14-17)30-12-10-29(2)11-13-30/h3-5,7-8,14,18H,6,9-13,15-16H2,1-2H3,(H2,24,27,28). The van der Waals surface area contributed by atoms with Crippen LogP contribution < -0.4 is 20.4 Å². The van der Waals surface area contributed by atoms with Crippen molar-refractivity contribution in [3.8, 4) is 0 Å². The number of pyridine rings is 2. The van der Waals surface area contributed by atoms with E-state index in [1.54, 1.807) is 13.2 Å². The van der Waals surface area contributed by atoms with Crippen LogP contribution in [0.3, 0.4) is 0 Å². The molecule has 9 heteroatoms. The highest BCUT2D eigenvalue weighted by Gasteiger charge is 2.25. The number of aromatic nitrogens is 2. The van der Waals surface area contributed by atoms with Gasteiger partial charge < -0.3 is 25.3 Å². The fourth-order valence-corrected chi connectivity index (χ4v) is 4.27. The van der Waals surface area contributed by atoms with E-state index in [0.717, 1.165) is 63.3 Å². The molecular formula is C22H31ClN8. The molecule has 2 aliphatic rings. The molecule has 0 radical (unpaired) electrons. The molecule has 1 atom stereocenters. The summed E-state index contributed by atoms with van der Waals surface area (Å²) in [6.07, 6.45) is 4.69. The third-order valence-electron chi connectivity index (χ3n) is 5.89. The van der Waals surface area contributed by atoms with Crippen molar-refractivity contribution in [3.05, 3.63) is 47.2 Å². The molecule has 2 fully saturated rings. The number of guanidine groups is 1. The molecule has 0 saturated carbocycles. The summed E-state index contributed by atoms with van der Waals surface area (Å²) in [6, 6.07) is 8.27. The average Bonchev–Trinajstić information content (AvgIpc) is 3.26. The van der Waals surface area contributed by atoms with Gasteiger partial charge in [-0.25, -0.2) is 9.97 Å². The molecular weight excluding hydrogens is 412 g/mol. The van der Waals surface area contributed by atoms with Gasteiger partial charge >= 0.3 is 0 Å². The highest BCUT2D eigenvalue weighted by molar-refractivity contribution is 6.32. The first-order chi connectivity index (χ1) is 15.1.